The maximum Gasteiger partial charge on any atom is 0.180 e. The van der Waals surface area contributed by atoms with Crippen molar-refractivity contribution in [3.8, 4) is 5.75 Å². The lowest BCUT2D eigenvalue weighted by molar-refractivity contribution is 0.0982. The Morgan fingerprint density at radius 1 is 1.28 bits per heavy atom. The van der Waals surface area contributed by atoms with E-state index in [0.717, 1.165) is 0 Å². The first-order valence-electron chi connectivity index (χ1n) is 6.71. The number of ketones is 1. The van der Waals surface area contributed by atoms with Gasteiger partial charge in [0.2, 0.25) is 0 Å². The molecule has 0 aromatic heterocycles. The topological polar surface area (TPSA) is 38.3 Å². The molecule has 0 spiro atoms. The molecular formula is C15H21NO2. The zero-order valence-electron chi connectivity index (χ0n) is 10.9. The maximum absolute atomic E-state index is 12.1. The van der Waals surface area contributed by atoms with Crippen LogP contribution in [0.25, 0.3) is 0 Å². The standard InChI is InChI=1S/C15H21NO2/c1-18-15-10-6-5-9-13(15)14(17)11-16-12-7-3-2-4-8-12/h5-6,9-10,12,16H,2-4,7-8,11H2,1H3. The smallest absolute Gasteiger partial charge is 0.180 e. The van der Waals surface area contributed by atoms with Gasteiger partial charge in [-0.25, -0.2) is 0 Å². The number of rotatable bonds is 5. The maximum atomic E-state index is 12.1. The Bertz CT molecular complexity index is 397. The minimum absolute atomic E-state index is 0.109. The average Bonchev–Trinajstić information content (AvgIpc) is 2.45. The monoisotopic (exact) mass is 247 g/mol. The van der Waals surface area contributed by atoms with Gasteiger partial charge in [-0.05, 0) is 25.0 Å². The van der Waals surface area contributed by atoms with Crippen molar-refractivity contribution in [2.75, 3.05) is 13.7 Å². The largest absolute Gasteiger partial charge is 0.496 e. The second-order valence-electron chi connectivity index (χ2n) is 4.84. The van der Waals surface area contributed by atoms with Gasteiger partial charge in [-0.3, -0.25) is 4.79 Å². The zero-order chi connectivity index (χ0) is 12.8. The third-order valence-corrected chi connectivity index (χ3v) is 3.56. The average molecular weight is 247 g/mol. The molecule has 1 aliphatic carbocycles. The molecule has 18 heavy (non-hydrogen) atoms. The molecule has 1 fully saturated rings. The lowest BCUT2D eigenvalue weighted by Gasteiger charge is -2.22. The molecule has 3 heteroatoms. The van der Waals surface area contributed by atoms with Crippen molar-refractivity contribution < 1.29 is 9.53 Å². The van der Waals surface area contributed by atoms with Crippen molar-refractivity contribution in [1.82, 2.24) is 5.32 Å². The summed E-state index contributed by atoms with van der Waals surface area (Å²) in [5.41, 5.74) is 0.670. The molecule has 3 nitrogen and oxygen atoms in total. The van der Waals surface area contributed by atoms with Crippen LogP contribution in [0.3, 0.4) is 0 Å². The molecule has 1 aromatic carbocycles. The summed E-state index contributed by atoms with van der Waals surface area (Å²) in [5.74, 6) is 0.769. The molecule has 1 N–H and O–H groups in total. The summed E-state index contributed by atoms with van der Waals surface area (Å²) in [5, 5.41) is 3.37. The number of benzene rings is 1. The van der Waals surface area contributed by atoms with Crippen molar-refractivity contribution in [2.45, 2.75) is 38.1 Å². The number of nitrogens with one attached hydrogen (secondary N) is 1. The van der Waals surface area contributed by atoms with Crippen LogP contribution in [0.4, 0.5) is 0 Å². The Morgan fingerprint density at radius 3 is 2.72 bits per heavy atom. The molecule has 0 saturated heterocycles. The SMILES string of the molecule is COc1ccccc1C(=O)CNC1CCCCC1. The van der Waals surface area contributed by atoms with Crippen LogP contribution in [-0.2, 0) is 0 Å². The normalized spacial score (nSPS) is 16.5. The summed E-state index contributed by atoms with van der Waals surface area (Å²) >= 11 is 0. The summed E-state index contributed by atoms with van der Waals surface area (Å²) in [7, 11) is 1.60. The first-order valence-corrected chi connectivity index (χ1v) is 6.71. The molecule has 0 amide bonds. The summed E-state index contributed by atoms with van der Waals surface area (Å²) in [6, 6.07) is 7.91. The number of ether oxygens (including phenoxy) is 1. The van der Waals surface area contributed by atoms with Crippen molar-refractivity contribution in [1.29, 1.82) is 0 Å². The van der Waals surface area contributed by atoms with Gasteiger partial charge in [-0.15, -0.1) is 0 Å². The van der Waals surface area contributed by atoms with Crippen LogP contribution in [0.5, 0.6) is 5.75 Å². The molecule has 1 saturated carbocycles. The molecule has 0 atom stereocenters. The van der Waals surface area contributed by atoms with E-state index in [1.165, 1.54) is 32.1 Å². The van der Waals surface area contributed by atoms with Crippen LogP contribution in [0.1, 0.15) is 42.5 Å². The van der Waals surface area contributed by atoms with E-state index in [2.05, 4.69) is 5.32 Å². The number of carbonyl (C=O) groups is 1. The molecule has 0 radical (unpaired) electrons. The Balaban J connectivity index is 1.90. The van der Waals surface area contributed by atoms with Gasteiger partial charge < -0.3 is 10.1 Å². The van der Waals surface area contributed by atoms with Gasteiger partial charge in [-0.2, -0.15) is 0 Å². The van der Waals surface area contributed by atoms with Crippen LogP contribution in [0, 0.1) is 0 Å². The van der Waals surface area contributed by atoms with Gasteiger partial charge in [-0.1, -0.05) is 31.4 Å². The van der Waals surface area contributed by atoms with E-state index < -0.39 is 0 Å². The second-order valence-corrected chi connectivity index (χ2v) is 4.84. The lowest BCUT2D eigenvalue weighted by Crippen LogP contribution is -2.35. The predicted octanol–water partition coefficient (Wildman–Crippen LogP) is 2.80. The summed E-state index contributed by atoms with van der Waals surface area (Å²) in [6.45, 7) is 0.408. The van der Waals surface area contributed by atoms with Gasteiger partial charge in [0.1, 0.15) is 5.75 Å². The zero-order valence-corrected chi connectivity index (χ0v) is 10.9. The molecule has 0 bridgehead atoms. The van der Waals surface area contributed by atoms with E-state index in [0.29, 0.717) is 23.9 Å². The van der Waals surface area contributed by atoms with Crippen LogP contribution in [0.2, 0.25) is 0 Å². The fraction of sp³-hybridized carbons (Fsp3) is 0.533. The molecule has 0 heterocycles. The third kappa shape index (κ3) is 3.33. The van der Waals surface area contributed by atoms with E-state index in [4.69, 9.17) is 4.74 Å². The van der Waals surface area contributed by atoms with Gasteiger partial charge in [0, 0.05) is 6.04 Å². The Hall–Kier alpha value is -1.35. The highest BCUT2D eigenvalue weighted by Crippen LogP contribution is 2.19. The predicted molar refractivity (Wildman–Crippen MR) is 72.2 cm³/mol. The number of hydrogen-bond donors (Lipinski definition) is 1. The van der Waals surface area contributed by atoms with Gasteiger partial charge in [0.15, 0.2) is 5.78 Å². The van der Waals surface area contributed by atoms with E-state index in [9.17, 15) is 4.79 Å². The highest BCUT2D eigenvalue weighted by molar-refractivity contribution is 6.00. The van der Waals surface area contributed by atoms with E-state index in [1.807, 2.05) is 24.3 Å². The van der Waals surface area contributed by atoms with Crippen LogP contribution < -0.4 is 10.1 Å². The Kier molecular flexibility index (Phi) is 4.76. The van der Waals surface area contributed by atoms with Crippen molar-refractivity contribution in [3.05, 3.63) is 29.8 Å². The number of para-hydroxylation sites is 1. The van der Waals surface area contributed by atoms with Crippen LogP contribution in [-0.4, -0.2) is 25.5 Å². The molecule has 0 aliphatic heterocycles. The molecule has 2 rings (SSSR count). The van der Waals surface area contributed by atoms with E-state index in [-0.39, 0.29) is 5.78 Å². The highest BCUT2D eigenvalue weighted by Gasteiger charge is 2.16. The fourth-order valence-electron chi connectivity index (χ4n) is 2.51. The molecule has 1 aromatic rings. The summed E-state index contributed by atoms with van der Waals surface area (Å²) in [6.07, 6.45) is 6.28. The Morgan fingerprint density at radius 2 is 2.00 bits per heavy atom. The number of Topliss-reactive ketones (excluding diaryl/α,β-unsaturated/α-hetero) is 1. The Labute approximate surface area is 109 Å². The van der Waals surface area contributed by atoms with Crippen LogP contribution in [0.15, 0.2) is 24.3 Å². The quantitative estimate of drug-likeness (QED) is 0.813. The summed E-state index contributed by atoms with van der Waals surface area (Å²) < 4.78 is 5.21. The number of hydrogen-bond acceptors (Lipinski definition) is 3. The second kappa shape index (κ2) is 6.55. The summed E-state index contributed by atoms with van der Waals surface area (Å²) in [4.78, 5) is 12.1. The molecule has 0 unspecified atom stereocenters. The van der Waals surface area contributed by atoms with Gasteiger partial charge in [0.05, 0.1) is 19.2 Å². The molecular weight excluding hydrogens is 226 g/mol. The van der Waals surface area contributed by atoms with Gasteiger partial charge >= 0.3 is 0 Å². The van der Waals surface area contributed by atoms with Crippen molar-refractivity contribution >= 4 is 5.78 Å². The fourth-order valence-corrected chi connectivity index (χ4v) is 2.51. The highest BCUT2D eigenvalue weighted by atomic mass is 16.5. The van der Waals surface area contributed by atoms with Gasteiger partial charge in [0.25, 0.3) is 0 Å². The van der Waals surface area contributed by atoms with Crippen LogP contribution >= 0.6 is 0 Å². The van der Waals surface area contributed by atoms with Crippen molar-refractivity contribution in [3.63, 3.8) is 0 Å². The number of carbonyl (C=O) groups excluding carboxylic acids is 1. The lowest BCUT2D eigenvalue weighted by atomic mass is 9.95. The molecule has 1 aliphatic rings. The molecule has 98 valence electrons. The van der Waals surface area contributed by atoms with E-state index >= 15 is 0 Å². The first-order chi connectivity index (χ1) is 8.81. The van der Waals surface area contributed by atoms with Crippen molar-refractivity contribution in [2.24, 2.45) is 0 Å². The first kappa shape index (κ1) is 13.1. The third-order valence-electron chi connectivity index (χ3n) is 3.56. The minimum Gasteiger partial charge on any atom is -0.496 e. The van der Waals surface area contributed by atoms with E-state index in [1.54, 1.807) is 7.11 Å². The number of methoxy groups -OCH3 is 1. The minimum atomic E-state index is 0.109.